The second-order valence-electron chi connectivity index (χ2n) is 8.81. The van der Waals surface area contributed by atoms with Gasteiger partial charge in [-0.1, -0.05) is 78.9 Å². The molecule has 4 aromatic rings. The summed E-state index contributed by atoms with van der Waals surface area (Å²) in [6, 6.07) is 28.1. The number of para-hydroxylation sites is 2. The first kappa shape index (κ1) is 18.9. The minimum Gasteiger partial charge on any atom is -0.246 e. The van der Waals surface area contributed by atoms with Crippen LogP contribution in [-0.4, -0.2) is 11.4 Å². The Labute approximate surface area is 189 Å². The van der Waals surface area contributed by atoms with Crippen LogP contribution in [0, 0.1) is 20.8 Å². The quantitative estimate of drug-likeness (QED) is 0.310. The molecule has 0 aromatic heterocycles. The van der Waals surface area contributed by atoms with Crippen LogP contribution in [-0.2, 0) is 6.42 Å². The second kappa shape index (κ2) is 7.13. The Hall–Kier alpha value is -3.78. The van der Waals surface area contributed by atoms with Gasteiger partial charge in [-0.25, -0.2) is 9.98 Å². The molecule has 0 radical (unpaired) electrons. The van der Waals surface area contributed by atoms with Gasteiger partial charge in [0, 0.05) is 17.5 Å². The number of hydrogen-bond acceptors (Lipinski definition) is 2. The van der Waals surface area contributed by atoms with Gasteiger partial charge >= 0.3 is 0 Å². The zero-order chi connectivity index (χ0) is 21.8. The molecule has 2 nitrogen and oxygen atoms in total. The van der Waals surface area contributed by atoms with Crippen LogP contribution in [0.15, 0.2) is 88.8 Å². The van der Waals surface area contributed by atoms with E-state index in [1.165, 1.54) is 44.5 Å². The van der Waals surface area contributed by atoms with Gasteiger partial charge in [-0.05, 0) is 59.7 Å². The Balaban J connectivity index is 1.75. The molecule has 32 heavy (non-hydrogen) atoms. The number of hydrogen-bond donors (Lipinski definition) is 0. The molecule has 1 heterocycles. The Morgan fingerprint density at radius 1 is 0.625 bits per heavy atom. The van der Waals surface area contributed by atoms with Crippen LogP contribution in [0.5, 0.6) is 0 Å². The zero-order valence-corrected chi connectivity index (χ0v) is 18.6. The van der Waals surface area contributed by atoms with Gasteiger partial charge in [0.2, 0.25) is 0 Å². The lowest BCUT2D eigenvalue weighted by atomic mass is 9.80. The van der Waals surface area contributed by atoms with E-state index < -0.39 is 0 Å². The van der Waals surface area contributed by atoms with Gasteiger partial charge in [-0.15, -0.1) is 0 Å². The Kier molecular flexibility index (Phi) is 4.22. The fraction of sp³-hybridized carbons (Fsp3) is 0.133. The zero-order valence-electron chi connectivity index (χ0n) is 18.6. The summed E-state index contributed by atoms with van der Waals surface area (Å²) in [5.41, 5.74) is 15.1. The highest BCUT2D eigenvalue weighted by atomic mass is 14.8. The predicted molar refractivity (Wildman–Crippen MR) is 134 cm³/mol. The third kappa shape index (κ3) is 2.80. The lowest BCUT2D eigenvalue weighted by Crippen LogP contribution is -2.24. The van der Waals surface area contributed by atoms with Crippen molar-refractivity contribution in [2.24, 2.45) is 9.98 Å². The number of benzene rings is 4. The van der Waals surface area contributed by atoms with Crippen LogP contribution < -0.4 is 0 Å². The second-order valence-corrected chi connectivity index (χ2v) is 8.81. The monoisotopic (exact) mass is 412 g/mol. The van der Waals surface area contributed by atoms with Gasteiger partial charge in [-0.2, -0.15) is 0 Å². The van der Waals surface area contributed by atoms with Crippen molar-refractivity contribution < 1.29 is 0 Å². The van der Waals surface area contributed by atoms with E-state index >= 15 is 0 Å². The molecule has 0 unspecified atom stereocenters. The lowest BCUT2D eigenvalue weighted by Gasteiger charge is -2.25. The molecular weight excluding hydrogens is 388 g/mol. The molecule has 154 valence electrons. The van der Waals surface area contributed by atoms with E-state index in [-0.39, 0.29) is 0 Å². The van der Waals surface area contributed by atoms with Crippen molar-refractivity contribution in [2.75, 3.05) is 0 Å². The van der Waals surface area contributed by atoms with Crippen LogP contribution in [0.2, 0.25) is 0 Å². The summed E-state index contributed by atoms with van der Waals surface area (Å²) in [5, 5.41) is 0. The molecule has 4 aromatic carbocycles. The molecule has 6 rings (SSSR count). The number of nitrogens with zero attached hydrogens (tertiary/aromatic N) is 2. The summed E-state index contributed by atoms with van der Waals surface area (Å²) in [6.07, 6.45) is 0.881. The third-order valence-electron chi connectivity index (χ3n) is 6.67. The molecule has 0 fully saturated rings. The van der Waals surface area contributed by atoms with Crippen LogP contribution >= 0.6 is 0 Å². The summed E-state index contributed by atoms with van der Waals surface area (Å²) in [4.78, 5) is 10.6. The van der Waals surface area contributed by atoms with Crippen molar-refractivity contribution in [1.29, 1.82) is 0 Å². The third-order valence-corrected chi connectivity index (χ3v) is 6.67. The van der Waals surface area contributed by atoms with Gasteiger partial charge in [-0.3, -0.25) is 0 Å². The van der Waals surface area contributed by atoms with E-state index in [0.717, 1.165) is 34.8 Å². The molecule has 0 spiro atoms. The maximum atomic E-state index is 5.33. The van der Waals surface area contributed by atoms with E-state index in [0.29, 0.717) is 0 Å². The van der Waals surface area contributed by atoms with Crippen LogP contribution in [0.25, 0.3) is 11.1 Å². The van der Waals surface area contributed by atoms with Crippen molar-refractivity contribution in [2.45, 2.75) is 27.2 Å². The average molecular weight is 413 g/mol. The van der Waals surface area contributed by atoms with Crippen LogP contribution in [0.3, 0.4) is 0 Å². The first-order chi connectivity index (χ1) is 15.6. The van der Waals surface area contributed by atoms with E-state index in [2.05, 4.69) is 99.6 Å². The molecule has 0 saturated carbocycles. The normalized spacial score (nSPS) is 14.8. The van der Waals surface area contributed by atoms with E-state index in [9.17, 15) is 0 Å². The molecular formula is C30H24N2. The maximum Gasteiger partial charge on any atom is 0.0981 e. The average Bonchev–Trinajstić information content (AvgIpc) is 2.97. The number of aryl methyl sites for hydroxylation is 3. The highest BCUT2D eigenvalue weighted by Crippen LogP contribution is 2.41. The van der Waals surface area contributed by atoms with E-state index in [1.807, 2.05) is 0 Å². The molecule has 2 aliphatic rings. The van der Waals surface area contributed by atoms with Crippen molar-refractivity contribution in [3.63, 3.8) is 0 Å². The van der Waals surface area contributed by atoms with Crippen molar-refractivity contribution in [3.05, 3.63) is 118 Å². The standard InChI is InChI=1S/C30H24N2/c1-18-9-6-10-19(2)27(18)31-29-25-15-5-4-14-23(25)24-16-8-12-21-17-22-13-7-11-20(3)28(22)32-30(29)26(21)24/h4-16H,17H2,1-3H3. The van der Waals surface area contributed by atoms with Gasteiger partial charge < -0.3 is 0 Å². The highest BCUT2D eigenvalue weighted by molar-refractivity contribution is 6.58. The smallest absolute Gasteiger partial charge is 0.0981 e. The molecule has 0 bridgehead atoms. The van der Waals surface area contributed by atoms with E-state index in [4.69, 9.17) is 9.98 Å². The van der Waals surface area contributed by atoms with E-state index in [1.54, 1.807) is 0 Å². The number of rotatable bonds is 1. The summed E-state index contributed by atoms with van der Waals surface area (Å²) < 4.78 is 0. The molecule has 0 atom stereocenters. The first-order valence-corrected chi connectivity index (χ1v) is 11.2. The van der Waals surface area contributed by atoms with Crippen molar-refractivity contribution in [1.82, 2.24) is 0 Å². The van der Waals surface area contributed by atoms with Gasteiger partial charge in [0.15, 0.2) is 0 Å². The molecule has 1 aliphatic heterocycles. The molecule has 0 saturated heterocycles. The largest absolute Gasteiger partial charge is 0.246 e. The molecule has 0 N–H and O–H groups in total. The Bertz CT molecular complexity index is 1450. The van der Waals surface area contributed by atoms with Gasteiger partial charge in [0.25, 0.3) is 0 Å². The van der Waals surface area contributed by atoms with Crippen LogP contribution in [0.4, 0.5) is 11.4 Å². The SMILES string of the molecule is Cc1cccc(C)c1N=C1C2=Nc3c(C)cccc3Cc3cccc(c32)-c2ccccc21. The summed E-state index contributed by atoms with van der Waals surface area (Å²) in [6.45, 7) is 6.42. The fourth-order valence-electron chi connectivity index (χ4n) is 5.08. The Morgan fingerprint density at radius 2 is 1.25 bits per heavy atom. The van der Waals surface area contributed by atoms with Gasteiger partial charge in [0.1, 0.15) is 0 Å². The number of aliphatic imine (C=N–C) groups is 2. The Morgan fingerprint density at radius 3 is 2.06 bits per heavy atom. The van der Waals surface area contributed by atoms with Crippen molar-refractivity contribution >= 4 is 22.8 Å². The first-order valence-electron chi connectivity index (χ1n) is 11.2. The summed E-state index contributed by atoms with van der Waals surface area (Å²) in [7, 11) is 0. The predicted octanol–water partition coefficient (Wildman–Crippen LogP) is 7.44. The molecule has 0 amide bonds. The highest BCUT2D eigenvalue weighted by Gasteiger charge is 2.31. The minimum absolute atomic E-state index is 0.881. The van der Waals surface area contributed by atoms with Gasteiger partial charge in [0.05, 0.1) is 22.8 Å². The van der Waals surface area contributed by atoms with Crippen LogP contribution in [0.1, 0.15) is 38.9 Å². The minimum atomic E-state index is 0.881. The van der Waals surface area contributed by atoms with Crippen molar-refractivity contribution in [3.8, 4) is 11.1 Å². The fourth-order valence-corrected chi connectivity index (χ4v) is 5.08. The lowest BCUT2D eigenvalue weighted by molar-refractivity contribution is 1.18. The maximum absolute atomic E-state index is 5.33. The molecule has 2 heteroatoms. The topological polar surface area (TPSA) is 24.7 Å². The molecule has 1 aliphatic carbocycles. The summed E-state index contributed by atoms with van der Waals surface area (Å²) in [5.74, 6) is 0. The summed E-state index contributed by atoms with van der Waals surface area (Å²) >= 11 is 0. The number of fused-ring (bicyclic) bond motifs is 3.